The lowest BCUT2D eigenvalue weighted by Gasteiger charge is -1.97. The molecule has 0 amide bonds. The predicted molar refractivity (Wildman–Crippen MR) is 75.0 cm³/mol. The fourth-order valence-electron chi connectivity index (χ4n) is 1.70. The summed E-state index contributed by atoms with van der Waals surface area (Å²) >= 11 is 4.10. The average Bonchev–Trinajstić information content (AvgIpc) is 2.81. The molecule has 1 aromatic carbocycles. The molecule has 4 heteroatoms. The van der Waals surface area contributed by atoms with E-state index in [0.29, 0.717) is 5.56 Å². The molecular weight excluding hydrogens is 246 g/mol. The SMILES string of the molecule is COC(=O)c1c[nH]c2ccc(C#CCCS)cc12. The van der Waals surface area contributed by atoms with E-state index < -0.39 is 0 Å². The van der Waals surface area contributed by atoms with Crippen molar-refractivity contribution < 1.29 is 9.53 Å². The van der Waals surface area contributed by atoms with Crippen LogP contribution in [-0.2, 0) is 4.74 Å². The van der Waals surface area contributed by atoms with Gasteiger partial charge >= 0.3 is 5.97 Å². The second kappa shape index (κ2) is 5.65. The first kappa shape index (κ1) is 12.6. The van der Waals surface area contributed by atoms with Crippen LogP contribution in [0.4, 0.5) is 0 Å². The first-order valence-corrected chi connectivity index (χ1v) is 6.18. The Morgan fingerprint density at radius 1 is 1.50 bits per heavy atom. The zero-order valence-electron chi connectivity index (χ0n) is 9.99. The van der Waals surface area contributed by atoms with Crippen molar-refractivity contribution >= 4 is 29.5 Å². The monoisotopic (exact) mass is 259 g/mol. The van der Waals surface area contributed by atoms with Crippen LogP contribution in [0.2, 0.25) is 0 Å². The predicted octanol–water partition coefficient (Wildman–Crippen LogP) is 2.63. The normalized spacial score (nSPS) is 9.89. The van der Waals surface area contributed by atoms with Crippen LogP contribution in [0.25, 0.3) is 10.9 Å². The third-order valence-corrected chi connectivity index (χ3v) is 2.78. The summed E-state index contributed by atoms with van der Waals surface area (Å²) in [7, 11) is 1.37. The van der Waals surface area contributed by atoms with E-state index >= 15 is 0 Å². The largest absolute Gasteiger partial charge is 0.465 e. The first-order valence-electron chi connectivity index (χ1n) is 5.55. The molecule has 0 saturated carbocycles. The van der Waals surface area contributed by atoms with Gasteiger partial charge in [0.1, 0.15) is 0 Å². The number of thiol groups is 1. The molecule has 1 N–H and O–H groups in total. The molecule has 0 radical (unpaired) electrons. The summed E-state index contributed by atoms with van der Waals surface area (Å²) in [4.78, 5) is 14.6. The molecule has 0 fully saturated rings. The van der Waals surface area contributed by atoms with Crippen LogP contribution in [0, 0.1) is 11.8 Å². The summed E-state index contributed by atoms with van der Waals surface area (Å²) in [6, 6.07) is 5.72. The number of carbonyl (C=O) groups is 1. The van der Waals surface area contributed by atoms with E-state index in [0.717, 1.165) is 28.6 Å². The number of carbonyl (C=O) groups excluding carboxylic acids is 1. The Bertz CT molecular complexity index is 634. The van der Waals surface area contributed by atoms with Crippen molar-refractivity contribution in [1.29, 1.82) is 0 Å². The number of nitrogens with one attached hydrogen (secondary N) is 1. The third-order valence-electron chi connectivity index (χ3n) is 2.56. The topological polar surface area (TPSA) is 42.1 Å². The van der Waals surface area contributed by atoms with Crippen LogP contribution >= 0.6 is 12.6 Å². The molecule has 0 saturated heterocycles. The van der Waals surface area contributed by atoms with Crippen LogP contribution in [0.1, 0.15) is 22.3 Å². The molecular formula is C14H13NO2S. The minimum absolute atomic E-state index is 0.346. The smallest absolute Gasteiger partial charge is 0.340 e. The zero-order chi connectivity index (χ0) is 13.0. The minimum Gasteiger partial charge on any atom is -0.465 e. The summed E-state index contributed by atoms with van der Waals surface area (Å²) < 4.78 is 4.74. The number of H-pyrrole nitrogens is 1. The van der Waals surface area contributed by atoms with Gasteiger partial charge in [0.25, 0.3) is 0 Å². The number of esters is 1. The number of hydrogen-bond donors (Lipinski definition) is 2. The number of ether oxygens (including phenoxy) is 1. The molecule has 0 spiro atoms. The van der Waals surface area contributed by atoms with E-state index in [1.54, 1.807) is 6.20 Å². The Kier molecular flexibility index (Phi) is 3.96. The standard InChI is InChI=1S/C14H13NO2S/c1-17-14(16)12-9-15-13-6-5-10(8-11(12)13)4-2-3-7-18/h5-6,8-9,15,18H,3,7H2,1H3. The number of methoxy groups -OCH3 is 1. The molecule has 3 nitrogen and oxygen atoms in total. The second-order valence-electron chi connectivity index (χ2n) is 3.73. The fraction of sp³-hybridized carbons (Fsp3) is 0.214. The Labute approximate surface area is 111 Å². The summed E-state index contributed by atoms with van der Waals surface area (Å²) in [5.74, 6) is 6.46. The van der Waals surface area contributed by atoms with Gasteiger partial charge in [0, 0.05) is 34.8 Å². The lowest BCUT2D eigenvalue weighted by atomic mass is 10.1. The van der Waals surface area contributed by atoms with E-state index in [2.05, 4.69) is 29.5 Å². The summed E-state index contributed by atoms with van der Waals surface area (Å²) in [5.41, 5.74) is 2.31. The number of fused-ring (bicyclic) bond motifs is 1. The van der Waals surface area contributed by atoms with Gasteiger partial charge in [-0.25, -0.2) is 4.79 Å². The van der Waals surface area contributed by atoms with Crippen molar-refractivity contribution in [3.63, 3.8) is 0 Å². The Balaban J connectivity index is 2.43. The van der Waals surface area contributed by atoms with Crippen molar-refractivity contribution in [2.45, 2.75) is 6.42 Å². The molecule has 2 rings (SSSR count). The van der Waals surface area contributed by atoms with Crippen molar-refractivity contribution in [1.82, 2.24) is 4.98 Å². The van der Waals surface area contributed by atoms with E-state index in [-0.39, 0.29) is 5.97 Å². The van der Waals surface area contributed by atoms with Gasteiger partial charge < -0.3 is 9.72 Å². The molecule has 18 heavy (non-hydrogen) atoms. The Morgan fingerprint density at radius 3 is 3.06 bits per heavy atom. The Morgan fingerprint density at radius 2 is 2.33 bits per heavy atom. The highest BCUT2D eigenvalue weighted by Gasteiger charge is 2.11. The highest BCUT2D eigenvalue weighted by Crippen LogP contribution is 2.20. The average molecular weight is 259 g/mol. The molecule has 0 aliphatic heterocycles. The number of hydrogen-bond acceptors (Lipinski definition) is 3. The Hall–Kier alpha value is -1.86. The summed E-state index contributed by atoms with van der Waals surface area (Å²) in [5, 5.41) is 0.833. The van der Waals surface area contributed by atoms with Gasteiger partial charge in [-0.05, 0) is 18.2 Å². The number of aromatic nitrogens is 1. The van der Waals surface area contributed by atoms with Crippen LogP contribution in [0.3, 0.4) is 0 Å². The van der Waals surface area contributed by atoms with Gasteiger partial charge in [-0.3, -0.25) is 0 Å². The van der Waals surface area contributed by atoms with Crippen LogP contribution in [-0.4, -0.2) is 23.8 Å². The van der Waals surface area contributed by atoms with Gasteiger partial charge in [-0.15, -0.1) is 0 Å². The van der Waals surface area contributed by atoms with E-state index in [1.165, 1.54) is 7.11 Å². The third kappa shape index (κ3) is 2.52. The van der Waals surface area contributed by atoms with E-state index in [4.69, 9.17) is 4.74 Å². The van der Waals surface area contributed by atoms with Crippen LogP contribution in [0.15, 0.2) is 24.4 Å². The van der Waals surface area contributed by atoms with Crippen molar-refractivity contribution in [3.8, 4) is 11.8 Å². The summed E-state index contributed by atoms with van der Waals surface area (Å²) in [6.07, 6.45) is 2.40. The maximum atomic E-state index is 11.6. The van der Waals surface area contributed by atoms with Crippen molar-refractivity contribution in [3.05, 3.63) is 35.5 Å². The molecule has 1 heterocycles. The minimum atomic E-state index is -0.346. The van der Waals surface area contributed by atoms with Gasteiger partial charge in [-0.1, -0.05) is 11.8 Å². The number of benzene rings is 1. The highest BCUT2D eigenvalue weighted by molar-refractivity contribution is 7.80. The van der Waals surface area contributed by atoms with E-state index in [9.17, 15) is 4.79 Å². The van der Waals surface area contributed by atoms with Crippen LogP contribution < -0.4 is 0 Å². The molecule has 0 bridgehead atoms. The lowest BCUT2D eigenvalue weighted by molar-refractivity contribution is 0.0603. The van der Waals surface area contributed by atoms with Gasteiger partial charge in [0.15, 0.2) is 0 Å². The molecule has 0 aliphatic carbocycles. The fourth-order valence-corrected chi connectivity index (χ4v) is 1.81. The molecule has 92 valence electrons. The molecule has 1 aromatic heterocycles. The highest BCUT2D eigenvalue weighted by atomic mass is 32.1. The molecule has 0 atom stereocenters. The summed E-state index contributed by atoms with van der Waals surface area (Å²) in [6.45, 7) is 0. The number of aromatic amines is 1. The lowest BCUT2D eigenvalue weighted by Crippen LogP contribution is -1.99. The van der Waals surface area contributed by atoms with Gasteiger partial charge in [-0.2, -0.15) is 12.6 Å². The van der Waals surface area contributed by atoms with E-state index in [1.807, 2.05) is 18.2 Å². The number of rotatable bonds is 2. The quantitative estimate of drug-likeness (QED) is 0.494. The molecule has 2 aromatic rings. The zero-order valence-corrected chi connectivity index (χ0v) is 10.9. The maximum Gasteiger partial charge on any atom is 0.340 e. The first-order chi connectivity index (χ1) is 8.76. The second-order valence-corrected chi connectivity index (χ2v) is 4.18. The van der Waals surface area contributed by atoms with Gasteiger partial charge in [0.05, 0.1) is 12.7 Å². The molecule has 0 unspecified atom stereocenters. The van der Waals surface area contributed by atoms with Gasteiger partial charge in [0.2, 0.25) is 0 Å². The van der Waals surface area contributed by atoms with Crippen LogP contribution in [0.5, 0.6) is 0 Å². The van der Waals surface area contributed by atoms with Crippen molar-refractivity contribution in [2.24, 2.45) is 0 Å². The molecule has 0 aliphatic rings. The van der Waals surface area contributed by atoms with Crippen molar-refractivity contribution in [2.75, 3.05) is 12.9 Å². The maximum absolute atomic E-state index is 11.6.